The number of hydrogen-bond acceptors (Lipinski definition) is 5. The second-order valence-electron chi connectivity index (χ2n) is 7.56. The van der Waals surface area contributed by atoms with Gasteiger partial charge < -0.3 is 25.0 Å². The Hall–Kier alpha value is -0.690. The smallest absolute Gasteiger partial charge is 0.300 e. The van der Waals surface area contributed by atoms with Crippen LogP contribution < -0.4 is 5.32 Å². The second-order valence-corrected chi connectivity index (χ2v) is 7.56. The maximum Gasteiger partial charge on any atom is 0.300 e. The van der Waals surface area contributed by atoms with E-state index >= 15 is 0 Å². The molecule has 0 radical (unpaired) electrons. The number of aliphatic hydroxyl groups excluding tert-OH is 1. The molecule has 6 heteroatoms. The highest BCUT2D eigenvalue weighted by Gasteiger charge is 2.53. The van der Waals surface area contributed by atoms with E-state index in [1.807, 2.05) is 13.8 Å². The summed E-state index contributed by atoms with van der Waals surface area (Å²) in [6.45, 7) is 7.38. The molecule has 0 bridgehead atoms. The maximum absolute atomic E-state index is 9.50. The second kappa shape index (κ2) is 11.1. The standard InChI is InChI=1S/C17H33NO3.C2H4O2/c1-4-5-6-7-8-9-10-11-13-15-16(14(12-19)18-13)21-17(2,3)20-15;1-2(3)4/h13-16,18-19H,4-12H2,1-3H3;1H3,(H,3,4)/t13-,14-,15+,16-;/m1./s1. The Kier molecular flexibility index (Phi) is 9.94. The molecule has 2 heterocycles. The normalized spacial score (nSPS) is 29.8. The number of hydrogen-bond donors (Lipinski definition) is 3. The predicted molar refractivity (Wildman–Crippen MR) is 97.5 cm³/mol. The third-order valence-corrected chi connectivity index (χ3v) is 4.70. The summed E-state index contributed by atoms with van der Waals surface area (Å²) in [4.78, 5) is 9.00. The summed E-state index contributed by atoms with van der Waals surface area (Å²) < 4.78 is 12.0. The van der Waals surface area contributed by atoms with Gasteiger partial charge in [-0.25, -0.2) is 0 Å². The van der Waals surface area contributed by atoms with Gasteiger partial charge in [0.25, 0.3) is 5.97 Å². The fourth-order valence-electron chi connectivity index (χ4n) is 3.63. The third kappa shape index (κ3) is 8.03. The van der Waals surface area contributed by atoms with E-state index < -0.39 is 11.8 Å². The minimum Gasteiger partial charge on any atom is -0.481 e. The number of aliphatic carboxylic acids is 1. The fourth-order valence-corrected chi connectivity index (χ4v) is 3.63. The molecule has 0 unspecified atom stereocenters. The minimum atomic E-state index is -0.833. The van der Waals surface area contributed by atoms with E-state index in [0.29, 0.717) is 6.04 Å². The van der Waals surface area contributed by atoms with Gasteiger partial charge in [-0.2, -0.15) is 0 Å². The molecular formula is C19H37NO5. The number of ether oxygens (including phenoxy) is 2. The molecule has 0 spiro atoms. The number of carboxylic acids is 1. The molecule has 0 aromatic rings. The Morgan fingerprint density at radius 3 is 2.00 bits per heavy atom. The van der Waals surface area contributed by atoms with Crippen LogP contribution in [0.2, 0.25) is 0 Å². The van der Waals surface area contributed by atoms with E-state index in [9.17, 15) is 5.11 Å². The number of carboxylic acid groups (broad SMARTS) is 1. The van der Waals surface area contributed by atoms with Crippen LogP contribution in [0.5, 0.6) is 0 Å². The number of carbonyl (C=O) groups is 1. The number of fused-ring (bicyclic) bond motifs is 1. The van der Waals surface area contributed by atoms with Gasteiger partial charge in [0.05, 0.1) is 12.6 Å². The van der Waals surface area contributed by atoms with Gasteiger partial charge in [0, 0.05) is 13.0 Å². The van der Waals surface area contributed by atoms with Crippen LogP contribution in [0.15, 0.2) is 0 Å². The van der Waals surface area contributed by atoms with Gasteiger partial charge >= 0.3 is 0 Å². The lowest BCUT2D eigenvalue weighted by Gasteiger charge is -2.24. The Balaban J connectivity index is 0.000000705. The van der Waals surface area contributed by atoms with Crippen molar-refractivity contribution in [3.8, 4) is 0 Å². The largest absolute Gasteiger partial charge is 0.481 e. The highest BCUT2D eigenvalue weighted by Crippen LogP contribution is 2.36. The summed E-state index contributed by atoms with van der Waals surface area (Å²) >= 11 is 0. The minimum absolute atomic E-state index is 0.000413. The molecule has 6 nitrogen and oxygen atoms in total. The molecule has 2 rings (SSSR count). The molecule has 0 amide bonds. The lowest BCUT2D eigenvalue weighted by atomic mass is 10.0. The van der Waals surface area contributed by atoms with Crippen molar-refractivity contribution in [1.29, 1.82) is 0 Å². The Morgan fingerprint density at radius 1 is 1.00 bits per heavy atom. The zero-order valence-corrected chi connectivity index (χ0v) is 16.3. The SMILES string of the molecule is CC(=O)O.CCCCCCCCC[C@H]1N[C@H](CO)[C@H]2OC(C)(C)O[C@H]21. The van der Waals surface area contributed by atoms with Crippen LogP contribution in [-0.2, 0) is 14.3 Å². The van der Waals surface area contributed by atoms with Crippen molar-refractivity contribution in [2.24, 2.45) is 0 Å². The molecule has 2 saturated heterocycles. The van der Waals surface area contributed by atoms with Gasteiger partial charge in [0.15, 0.2) is 5.79 Å². The molecule has 3 N–H and O–H groups in total. The highest BCUT2D eigenvalue weighted by molar-refractivity contribution is 5.62. The van der Waals surface area contributed by atoms with Crippen LogP contribution in [0, 0.1) is 0 Å². The topological polar surface area (TPSA) is 88.0 Å². The van der Waals surface area contributed by atoms with E-state index in [4.69, 9.17) is 19.4 Å². The van der Waals surface area contributed by atoms with Gasteiger partial charge in [-0.05, 0) is 20.3 Å². The van der Waals surface area contributed by atoms with Crippen LogP contribution in [0.3, 0.4) is 0 Å². The zero-order chi connectivity index (χ0) is 18.9. The first kappa shape index (κ1) is 22.4. The van der Waals surface area contributed by atoms with Crippen LogP contribution in [0.25, 0.3) is 0 Å². The summed E-state index contributed by atoms with van der Waals surface area (Å²) in [5.74, 6) is -1.34. The van der Waals surface area contributed by atoms with E-state index in [1.165, 1.54) is 44.9 Å². The molecule has 2 fully saturated rings. The first-order valence-corrected chi connectivity index (χ1v) is 9.72. The van der Waals surface area contributed by atoms with Gasteiger partial charge in [0.2, 0.25) is 0 Å². The lowest BCUT2D eigenvalue weighted by Crippen LogP contribution is -2.40. The number of unbranched alkanes of at least 4 members (excludes halogenated alkanes) is 6. The van der Waals surface area contributed by atoms with Gasteiger partial charge in [0.1, 0.15) is 12.2 Å². The van der Waals surface area contributed by atoms with Crippen LogP contribution in [0.4, 0.5) is 0 Å². The lowest BCUT2D eigenvalue weighted by molar-refractivity contribution is -0.157. The van der Waals surface area contributed by atoms with E-state index in [2.05, 4.69) is 12.2 Å². The number of aliphatic hydroxyl groups is 1. The Labute approximate surface area is 152 Å². The molecular weight excluding hydrogens is 322 g/mol. The van der Waals surface area contributed by atoms with Crippen molar-refractivity contribution in [3.05, 3.63) is 0 Å². The fraction of sp³-hybridized carbons (Fsp3) is 0.947. The van der Waals surface area contributed by atoms with Crippen molar-refractivity contribution in [3.63, 3.8) is 0 Å². The number of rotatable bonds is 9. The molecule has 0 aromatic carbocycles. The van der Waals surface area contributed by atoms with Crippen molar-refractivity contribution in [2.75, 3.05) is 6.61 Å². The predicted octanol–water partition coefficient (Wildman–Crippen LogP) is 3.07. The van der Waals surface area contributed by atoms with E-state index in [-0.39, 0.29) is 24.9 Å². The van der Waals surface area contributed by atoms with Crippen molar-refractivity contribution in [2.45, 2.75) is 109 Å². The summed E-state index contributed by atoms with van der Waals surface area (Å²) in [7, 11) is 0. The summed E-state index contributed by atoms with van der Waals surface area (Å²) in [6, 6.07) is 0.343. The first-order valence-electron chi connectivity index (χ1n) is 9.72. The Bertz CT molecular complexity index is 384. The van der Waals surface area contributed by atoms with Gasteiger partial charge in [-0.1, -0.05) is 51.9 Å². The number of nitrogens with one attached hydrogen (secondary N) is 1. The molecule has 2 aliphatic heterocycles. The Morgan fingerprint density at radius 2 is 1.48 bits per heavy atom. The highest BCUT2D eigenvalue weighted by atomic mass is 16.8. The average molecular weight is 360 g/mol. The molecule has 148 valence electrons. The molecule has 2 aliphatic rings. The van der Waals surface area contributed by atoms with Gasteiger partial charge in [-0.3, -0.25) is 4.79 Å². The molecule has 4 atom stereocenters. The first-order chi connectivity index (χ1) is 11.8. The summed E-state index contributed by atoms with van der Waals surface area (Å²) in [6.07, 6.45) is 10.5. The third-order valence-electron chi connectivity index (χ3n) is 4.70. The zero-order valence-electron chi connectivity index (χ0n) is 16.3. The van der Waals surface area contributed by atoms with Crippen molar-refractivity contribution >= 4 is 5.97 Å². The van der Waals surface area contributed by atoms with E-state index in [0.717, 1.165) is 13.3 Å². The average Bonchev–Trinajstić information content (AvgIpc) is 2.99. The quantitative estimate of drug-likeness (QED) is 0.548. The van der Waals surface area contributed by atoms with Crippen LogP contribution in [0.1, 0.15) is 79.1 Å². The molecule has 0 saturated carbocycles. The van der Waals surface area contributed by atoms with Crippen molar-refractivity contribution in [1.82, 2.24) is 5.32 Å². The van der Waals surface area contributed by atoms with Crippen LogP contribution in [-0.4, -0.2) is 52.9 Å². The van der Waals surface area contributed by atoms with Gasteiger partial charge in [-0.15, -0.1) is 0 Å². The molecule has 0 aliphatic carbocycles. The maximum atomic E-state index is 9.50. The summed E-state index contributed by atoms with van der Waals surface area (Å²) in [5, 5.41) is 20.4. The van der Waals surface area contributed by atoms with Crippen molar-refractivity contribution < 1.29 is 24.5 Å². The molecule has 25 heavy (non-hydrogen) atoms. The van der Waals surface area contributed by atoms with Crippen LogP contribution >= 0.6 is 0 Å². The summed E-state index contributed by atoms with van der Waals surface area (Å²) in [5.41, 5.74) is 0. The van der Waals surface area contributed by atoms with E-state index in [1.54, 1.807) is 0 Å². The molecule has 0 aromatic heterocycles. The monoisotopic (exact) mass is 359 g/mol.